The van der Waals surface area contributed by atoms with E-state index in [1.807, 2.05) is 30.7 Å². The molecule has 1 aromatic heterocycles. The molecule has 2 aromatic rings. The third-order valence-corrected chi connectivity index (χ3v) is 9.92. The number of thiophene rings is 1. The molecule has 1 aliphatic heterocycles. The summed E-state index contributed by atoms with van der Waals surface area (Å²) in [5.74, 6) is 1.70. The summed E-state index contributed by atoms with van der Waals surface area (Å²) in [5, 5.41) is 5.34. The normalized spacial score (nSPS) is 29.2. The highest BCUT2D eigenvalue weighted by Gasteiger charge is 2.59. The van der Waals surface area contributed by atoms with Gasteiger partial charge in [-0.2, -0.15) is 0 Å². The zero-order valence-electron chi connectivity index (χ0n) is 20.6. The van der Waals surface area contributed by atoms with Crippen LogP contribution in [0.1, 0.15) is 49.0 Å². The number of likely N-dealkylation sites (tertiary alicyclic amines) is 1. The van der Waals surface area contributed by atoms with E-state index < -0.39 is 0 Å². The standard InChI is InChI=1S/C28H35BrN2O3S/c1-33-24-5-3-4-21(14-24)27-12-13-31(17-20-6-7-20)19-28(27,34-2)11-10-23(16-27)30-26(32)9-8-25-15-22(29)18-35-25/h3-5,8-9,14-15,18,20,23H,6-7,10-13,16-17,19H2,1-2H3,(H,30,32)/t23-,27+,28+/m1/s1. The predicted molar refractivity (Wildman–Crippen MR) is 145 cm³/mol. The number of benzene rings is 1. The number of nitrogens with zero attached hydrogens (tertiary/aromatic N) is 1. The first-order chi connectivity index (χ1) is 16.9. The van der Waals surface area contributed by atoms with E-state index in [4.69, 9.17) is 9.47 Å². The van der Waals surface area contributed by atoms with Crippen molar-refractivity contribution in [3.63, 3.8) is 0 Å². The van der Waals surface area contributed by atoms with Crippen LogP contribution >= 0.6 is 27.3 Å². The van der Waals surface area contributed by atoms with Crippen LogP contribution in [-0.2, 0) is 14.9 Å². The van der Waals surface area contributed by atoms with Gasteiger partial charge in [-0.1, -0.05) is 12.1 Å². The van der Waals surface area contributed by atoms with Gasteiger partial charge in [0.2, 0.25) is 5.91 Å². The van der Waals surface area contributed by atoms with Crippen LogP contribution in [0.5, 0.6) is 5.75 Å². The monoisotopic (exact) mass is 558 g/mol. The molecule has 0 unspecified atom stereocenters. The van der Waals surface area contributed by atoms with Gasteiger partial charge in [-0.3, -0.25) is 4.79 Å². The number of carbonyl (C=O) groups excluding carboxylic acids is 1. The van der Waals surface area contributed by atoms with Crippen molar-refractivity contribution >= 4 is 39.2 Å². The Morgan fingerprint density at radius 2 is 2.11 bits per heavy atom. The van der Waals surface area contributed by atoms with E-state index >= 15 is 0 Å². The lowest BCUT2D eigenvalue weighted by atomic mass is 9.55. The molecule has 0 radical (unpaired) electrons. The zero-order valence-corrected chi connectivity index (χ0v) is 23.0. The molecule has 1 saturated heterocycles. The van der Waals surface area contributed by atoms with Crippen LogP contribution in [0.4, 0.5) is 0 Å². The number of carbonyl (C=O) groups is 1. The number of hydrogen-bond donors (Lipinski definition) is 1. The van der Waals surface area contributed by atoms with Gasteiger partial charge in [0.05, 0.1) is 12.7 Å². The van der Waals surface area contributed by atoms with Crippen molar-refractivity contribution in [1.82, 2.24) is 10.2 Å². The SMILES string of the molecule is COc1cccc([C@@]23CCN(CC4CC4)C[C@@]2(OC)CC[C@@H](NC(=O)C=Cc2cc(Br)cs2)C3)c1. The Morgan fingerprint density at radius 3 is 2.83 bits per heavy atom. The summed E-state index contributed by atoms with van der Waals surface area (Å²) in [4.78, 5) is 16.5. The fourth-order valence-corrected chi connectivity index (χ4v) is 7.62. The molecule has 1 aromatic carbocycles. The number of fused-ring (bicyclic) bond motifs is 1. The smallest absolute Gasteiger partial charge is 0.244 e. The Hall–Kier alpha value is -1.67. The van der Waals surface area contributed by atoms with Crippen LogP contribution in [0.2, 0.25) is 0 Å². The lowest BCUT2D eigenvalue weighted by Crippen LogP contribution is -2.68. The van der Waals surface area contributed by atoms with Crippen molar-refractivity contribution < 1.29 is 14.3 Å². The summed E-state index contributed by atoms with van der Waals surface area (Å²) >= 11 is 5.09. The van der Waals surface area contributed by atoms with Crippen molar-refractivity contribution in [2.75, 3.05) is 33.9 Å². The van der Waals surface area contributed by atoms with Crippen LogP contribution in [0, 0.1) is 5.92 Å². The second-order valence-electron chi connectivity index (χ2n) is 10.4. The second kappa shape index (κ2) is 10.4. The third-order valence-electron chi connectivity index (χ3n) is 8.26. The van der Waals surface area contributed by atoms with Crippen molar-refractivity contribution in [3.05, 3.63) is 56.7 Å². The number of hydrogen-bond acceptors (Lipinski definition) is 5. The van der Waals surface area contributed by atoms with E-state index in [0.717, 1.165) is 59.8 Å². The molecular weight excluding hydrogens is 524 g/mol. The maximum Gasteiger partial charge on any atom is 0.244 e. The van der Waals surface area contributed by atoms with Crippen LogP contribution in [0.15, 0.2) is 46.3 Å². The molecule has 3 atom stereocenters. The van der Waals surface area contributed by atoms with Gasteiger partial charge in [-0.25, -0.2) is 0 Å². The van der Waals surface area contributed by atoms with Gasteiger partial charge in [-0.05, 0) is 96.8 Å². The molecule has 3 aliphatic rings. The van der Waals surface area contributed by atoms with E-state index in [9.17, 15) is 4.79 Å². The van der Waals surface area contributed by atoms with Gasteiger partial charge in [0.25, 0.3) is 0 Å². The topological polar surface area (TPSA) is 50.8 Å². The van der Waals surface area contributed by atoms with E-state index in [1.54, 1.807) is 24.5 Å². The molecule has 5 rings (SSSR count). The van der Waals surface area contributed by atoms with E-state index in [2.05, 4.69) is 44.3 Å². The summed E-state index contributed by atoms with van der Waals surface area (Å²) in [6.07, 6.45) is 10.0. The predicted octanol–water partition coefficient (Wildman–Crippen LogP) is 5.64. The van der Waals surface area contributed by atoms with Crippen LogP contribution in [0.3, 0.4) is 0 Å². The number of ether oxygens (including phenoxy) is 2. The highest BCUT2D eigenvalue weighted by atomic mass is 79.9. The van der Waals surface area contributed by atoms with Gasteiger partial charge in [-0.15, -0.1) is 11.3 Å². The Labute approximate surface area is 221 Å². The molecule has 0 spiro atoms. The Morgan fingerprint density at radius 1 is 1.26 bits per heavy atom. The summed E-state index contributed by atoms with van der Waals surface area (Å²) in [7, 11) is 3.61. The minimum absolute atomic E-state index is 0.0311. The fraction of sp³-hybridized carbons (Fsp3) is 0.536. The van der Waals surface area contributed by atoms with Crippen molar-refractivity contribution in [3.8, 4) is 5.75 Å². The average Bonchev–Trinajstić information content (AvgIpc) is 3.60. The molecule has 7 heteroatoms. The van der Waals surface area contributed by atoms with Gasteiger partial charge in [0.1, 0.15) is 5.75 Å². The first-order valence-corrected chi connectivity index (χ1v) is 14.3. The summed E-state index contributed by atoms with van der Waals surface area (Å²) in [5.41, 5.74) is 0.824. The van der Waals surface area contributed by atoms with Gasteiger partial charge < -0.3 is 19.7 Å². The number of amides is 1. The maximum absolute atomic E-state index is 12.9. The first kappa shape index (κ1) is 25.0. The number of rotatable bonds is 8. The molecule has 3 fully saturated rings. The Kier molecular flexibility index (Phi) is 7.40. The van der Waals surface area contributed by atoms with Crippen LogP contribution < -0.4 is 10.1 Å². The quantitative estimate of drug-likeness (QED) is 0.426. The van der Waals surface area contributed by atoms with Gasteiger partial charge in [0, 0.05) is 52.5 Å². The number of halogens is 1. The Balaban J connectivity index is 1.39. The lowest BCUT2D eigenvalue weighted by Gasteiger charge is -2.60. The molecule has 2 heterocycles. The van der Waals surface area contributed by atoms with Crippen LogP contribution in [0.25, 0.3) is 6.08 Å². The Bertz CT molecular complexity index is 1080. The molecule has 0 bridgehead atoms. The fourth-order valence-electron chi connectivity index (χ4n) is 6.28. The average molecular weight is 560 g/mol. The molecule has 35 heavy (non-hydrogen) atoms. The van der Waals surface area contributed by atoms with Gasteiger partial charge >= 0.3 is 0 Å². The minimum Gasteiger partial charge on any atom is -0.497 e. The van der Waals surface area contributed by atoms with Crippen molar-refractivity contribution in [1.29, 1.82) is 0 Å². The van der Waals surface area contributed by atoms with Crippen LogP contribution in [-0.4, -0.2) is 56.3 Å². The molecule has 1 amide bonds. The van der Waals surface area contributed by atoms with E-state index in [-0.39, 0.29) is 23.0 Å². The van der Waals surface area contributed by atoms with Gasteiger partial charge in [0.15, 0.2) is 0 Å². The highest BCUT2D eigenvalue weighted by Crippen LogP contribution is 2.54. The van der Waals surface area contributed by atoms with Crippen molar-refractivity contribution in [2.45, 2.75) is 55.6 Å². The summed E-state index contributed by atoms with van der Waals surface area (Å²) < 4.78 is 13.1. The van der Waals surface area contributed by atoms with E-state index in [1.165, 1.54) is 24.9 Å². The largest absolute Gasteiger partial charge is 0.497 e. The maximum atomic E-state index is 12.9. The molecule has 188 valence electrons. The highest BCUT2D eigenvalue weighted by molar-refractivity contribution is 9.10. The molecule has 2 saturated carbocycles. The minimum atomic E-state index is -0.271. The number of piperidine rings is 1. The van der Waals surface area contributed by atoms with E-state index in [0.29, 0.717) is 0 Å². The number of methoxy groups -OCH3 is 2. The molecule has 5 nitrogen and oxygen atoms in total. The molecule has 2 aliphatic carbocycles. The number of nitrogens with one attached hydrogen (secondary N) is 1. The first-order valence-electron chi connectivity index (χ1n) is 12.6. The molecule has 1 N–H and O–H groups in total. The second-order valence-corrected chi connectivity index (χ2v) is 12.2. The third kappa shape index (κ3) is 5.24. The van der Waals surface area contributed by atoms with Crippen molar-refractivity contribution in [2.24, 2.45) is 5.92 Å². The molecular formula is C28H35BrN2O3S. The zero-order chi connectivity index (χ0) is 24.5. The summed E-state index contributed by atoms with van der Waals surface area (Å²) in [6, 6.07) is 10.6. The lowest BCUT2D eigenvalue weighted by molar-refractivity contribution is -0.150. The summed E-state index contributed by atoms with van der Waals surface area (Å²) in [6.45, 7) is 3.20.